The van der Waals surface area contributed by atoms with E-state index < -0.39 is 23.3 Å². The lowest BCUT2D eigenvalue weighted by atomic mass is 10.1. The smallest absolute Gasteiger partial charge is 0.299 e. The van der Waals surface area contributed by atoms with Gasteiger partial charge in [0.05, 0.1) is 11.3 Å². The molecule has 1 amide bonds. The van der Waals surface area contributed by atoms with Gasteiger partial charge in [0.25, 0.3) is 11.7 Å². The van der Waals surface area contributed by atoms with Crippen LogP contribution in [0.2, 0.25) is 0 Å². The van der Waals surface area contributed by atoms with Gasteiger partial charge >= 0.3 is 0 Å². The van der Waals surface area contributed by atoms with Crippen molar-refractivity contribution in [3.63, 3.8) is 0 Å². The van der Waals surface area contributed by atoms with Gasteiger partial charge in [-0.1, -0.05) is 26.2 Å². The lowest BCUT2D eigenvalue weighted by Crippen LogP contribution is -2.30. The quantitative estimate of drug-likeness (QED) is 0.607. The highest BCUT2D eigenvalue weighted by molar-refractivity contribution is 6.52. The van der Waals surface area contributed by atoms with Gasteiger partial charge in [0.2, 0.25) is 0 Å². The molecule has 0 spiro atoms. The van der Waals surface area contributed by atoms with E-state index in [4.69, 9.17) is 0 Å². The molecule has 0 aliphatic carbocycles. The lowest BCUT2D eigenvalue weighted by molar-refractivity contribution is -0.114. The van der Waals surface area contributed by atoms with Crippen molar-refractivity contribution in [1.82, 2.24) is 0 Å². The summed E-state index contributed by atoms with van der Waals surface area (Å²) in [7, 11) is 0. The van der Waals surface area contributed by atoms with Crippen molar-refractivity contribution < 1.29 is 18.4 Å². The average molecular weight is 267 g/mol. The summed E-state index contributed by atoms with van der Waals surface area (Å²) >= 11 is 0. The van der Waals surface area contributed by atoms with Gasteiger partial charge in [-0.25, -0.2) is 8.78 Å². The van der Waals surface area contributed by atoms with Gasteiger partial charge in [0, 0.05) is 12.6 Å². The van der Waals surface area contributed by atoms with Crippen molar-refractivity contribution in [3.05, 3.63) is 29.3 Å². The molecule has 19 heavy (non-hydrogen) atoms. The third kappa shape index (κ3) is 2.50. The van der Waals surface area contributed by atoms with E-state index in [1.807, 2.05) is 0 Å². The zero-order chi connectivity index (χ0) is 14.0. The van der Waals surface area contributed by atoms with Crippen LogP contribution in [0, 0.1) is 11.6 Å². The molecule has 0 bridgehead atoms. The number of hydrogen-bond donors (Lipinski definition) is 0. The SMILES string of the molecule is CCCCCCN1C(=O)C(=O)c2c(F)cc(F)cc21. The van der Waals surface area contributed by atoms with Gasteiger partial charge in [-0.15, -0.1) is 0 Å². The molecule has 1 aromatic carbocycles. The number of halogens is 2. The summed E-state index contributed by atoms with van der Waals surface area (Å²) in [4.78, 5) is 24.6. The van der Waals surface area contributed by atoms with E-state index in [1.54, 1.807) is 0 Å². The summed E-state index contributed by atoms with van der Waals surface area (Å²) in [5.41, 5.74) is -0.245. The van der Waals surface area contributed by atoms with Crippen LogP contribution in [0.4, 0.5) is 14.5 Å². The average Bonchev–Trinajstić information content (AvgIpc) is 2.59. The maximum absolute atomic E-state index is 13.6. The van der Waals surface area contributed by atoms with Crippen LogP contribution >= 0.6 is 0 Å². The number of anilines is 1. The number of rotatable bonds is 5. The Morgan fingerprint density at radius 3 is 2.53 bits per heavy atom. The predicted octanol–water partition coefficient (Wildman–Crippen LogP) is 3.07. The summed E-state index contributed by atoms with van der Waals surface area (Å²) < 4.78 is 26.8. The molecule has 0 saturated heterocycles. The number of ketones is 1. The second-order valence-electron chi connectivity index (χ2n) is 4.63. The van der Waals surface area contributed by atoms with Crippen LogP contribution in [0.5, 0.6) is 0 Å². The van der Waals surface area contributed by atoms with Crippen LogP contribution in [-0.2, 0) is 4.79 Å². The highest BCUT2D eigenvalue weighted by atomic mass is 19.1. The Balaban J connectivity index is 2.23. The molecule has 0 atom stereocenters. The summed E-state index contributed by atoms with van der Waals surface area (Å²) in [6.07, 6.45) is 3.71. The topological polar surface area (TPSA) is 37.4 Å². The minimum Gasteiger partial charge on any atom is -0.305 e. The molecule has 0 radical (unpaired) electrons. The molecule has 1 aliphatic heterocycles. The van der Waals surface area contributed by atoms with Crippen molar-refractivity contribution in [3.8, 4) is 0 Å². The number of Topliss-reactive ketones (excluding diaryl/α,β-unsaturated/α-hetero) is 1. The maximum atomic E-state index is 13.6. The number of carbonyl (C=O) groups excluding carboxylic acids is 2. The Morgan fingerprint density at radius 1 is 1.11 bits per heavy atom. The molecule has 0 aromatic heterocycles. The van der Waals surface area contributed by atoms with Crippen molar-refractivity contribution in [2.45, 2.75) is 32.6 Å². The third-order valence-corrected chi connectivity index (χ3v) is 3.23. The van der Waals surface area contributed by atoms with Gasteiger partial charge < -0.3 is 4.90 Å². The minimum atomic E-state index is -0.968. The van der Waals surface area contributed by atoms with Gasteiger partial charge in [-0.2, -0.15) is 0 Å². The van der Waals surface area contributed by atoms with Crippen molar-refractivity contribution in [2.24, 2.45) is 0 Å². The number of unbranched alkanes of at least 4 members (excludes halogenated alkanes) is 3. The van der Waals surface area contributed by atoms with E-state index in [2.05, 4.69) is 6.92 Å². The Hall–Kier alpha value is -1.78. The van der Waals surface area contributed by atoms with E-state index in [0.717, 1.165) is 25.3 Å². The van der Waals surface area contributed by atoms with Gasteiger partial charge in [-0.05, 0) is 12.5 Å². The van der Waals surface area contributed by atoms with Crippen molar-refractivity contribution >= 4 is 17.4 Å². The maximum Gasteiger partial charge on any atom is 0.299 e. The fourth-order valence-electron chi connectivity index (χ4n) is 2.26. The van der Waals surface area contributed by atoms with Crippen LogP contribution in [0.25, 0.3) is 0 Å². The Bertz CT molecular complexity index is 528. The van der Waals surface area contributed by atoms with Crippen LogP contribution in [0.3, 0.4) is 0 Å². The van der Waals surface area contributed by atoms with Gasteiger partial charge in [0.1, 0.15) is 11.6 Å². The van der Waals surface area contributed by atoms with E-state index in [9.17, 15) is 18.4 Å². The Morgan fingerprint density at radius 2 is 1.84 bits per heavy atom. The molecular formula is C14H15F2NO2. The molecule has 1 aliphatic rings. The molecule has 0 fully saturated rings. The van der Waals surface area contributed by atoms with Gasteiger partial charge in [-0.3, -0.25) is 9.59 Å². The van der Waals surface area contributed by atoms with E-state index in [0.29, 0.717) is 19.0 Å². The molecular weight excluding hydrogens is 252 g/mol. The Kier molecular flexibility index (Phi) is 3.93. The number of carbonyl (C=O) groups is 2. The largest absolute Gasteiger partial charge is 0.305 e. The van der Waals surface area contributed by atoms with Crippen LogP contribution in [-0.4, -0.2) is 18.2 Å². The molecule has 5 heteroatoms. The summed E-state index contributed by atoms with van der Waals surface area (Å²) in [5.74, 6) is -3.40. The first-order valence-electron chi connectivity index (χ1n) is 6.41. The van der Waals surface area contributed by atoms with Crippen molar-refractivity contribution in [1.29, 1.82) is 0 Å². The van der Waals surface area contributed by atoms with Crippen molar-refractivity contribution in [2.75, 3.05) is 11.4 Å². The first kappa shape index (κ1) is 13.6. The molecule has 1 heterocycles. The monoisotopic (exact) mass is 267 g/mol. The molecule has 2 rings (SSSR count). The number of amides is 1. The van der Waals surface area contributed by atoms with E-state index in [-0.39, 0.29) is 11.3 Å². The zero-order valence-electron chi connectivity index (χ0n) is 10.7. The third-order valence-electron chi connectivity index (χ3n) is 3.23. The van der Waals surface area contributed by atoms with Crippen LogP contribution < -0.4 is 4.90 Å². The normalized spacial score (nSPS) is 14.2. The second-order valence-corrected chi connectivity index (χ2v) is 4.63. The predicted molar refractivity (Wildman–Crippen MR) is 67.2 cm³/mol. The Labute approximate surface area is 110 Å². The summed E-state index contributed by atoms with van der Waals surface area (Å²) in [5, 5.41) is 0. The molecule has 1 aromatic rings. The highest BCUT2D eigenvalue weighted by Crippen LogP contribution is 2.32. The fourth-order valence-corrected chi connectivity index (χ4v) is 2.26. The van der Waals surface area contributed by atoms with E-state index in [1.165, 1.54) is 4.90 Å². The summed E-state index contributed by atoms with van der Waals surface area (Å²) in [6.45, 7) is 2.38. The molecule has 0 unspecified atom stereocenters. The first-order valence-corrected chi connectivity index (χ1v) is 6.41. The van der Waals surface area contributed by atoms with E-state index >= 15 is 0 Å². The zero-order valence-corrected chi connectivity index (χ0v) is 10.7. The first-order chi connectivity index (χ1) is 9.06. The second kappa shape index (κ2) is 5.47. The highest BCUT2D eigenvalue weighted by Gasteiger charge is 2.38. The number of hydrogen-bond acceptors (Lipinski definition) is 2. The standard InChI is InChI=1S/C14H15F2NO2/c1-2-3-4-5-6-17-11-8-9(15)7-10(16)12(11)13(18)14(17)19/h7-8H,2-6H2,1H3. The van der Waals surface area contributed by atoms with Gasteiger partial charge in [0.15, 0.2) is 0 Å². The number of nitrogens with zero attached hydrogens (tertiary/aromatic N) is 1. The molecule has 0 N–H and O–H groups in total. The molecule has 102 valence electrons. The fraction of sp³-hybridized carbons (Fsp3) is 0.429. The van der Waals surface area contributed by atoms with Crippen LogP contribution in [0.1, 0.15) is 43.0 Å². The lowest BCUT2D eigenvalue weighted by Gasteiger charge is -2.16. The minimum absolute atomic E-state index is 0.0593. The molecule has 3 nitrogen and oxygen atoms in total. The molecule has 0 saturated carbocycles. The number of benzene rings is 1. The number of fused-ring (bicyclic) bond motifs is 1. The summed E-state index contributed by atoms with van der Waals surface area (Å²) in [6, 6.07) is 1.67. The van der Waals surface area contributed by atoms with Crippen LogP contribution in [0.15, 0.2) is 12.1 Å².